The first-order valence-electron chi connectivity index (χ1n) is 4.60. The van der Waals surface area contributed by atoms with Gasteiger partial charge in [-0.15, -0.1) is 0 Å². The molecule has 0 spiro atoms. The van der Waals surface area contributed by atoms with Gasteiger partial charge in [-0.3, -0.25) is 0 Å². The zero-order valence-corrected chi connectivity index (χ0v) is 8.37. The minimum absolute atomic E-state index is 0.885. The average molecular weight is 177 g/mol. The van der Waals surface area contributed by atoms with Gasteiger partial charge in [-0.25, -0.2) is 0 Å². The van der Waals surface area contributed by atoms with Crippen LogP contribution in [0.15, 0.2) is 28.8 Å². The summed E-state index contributed by atoms with van der Waals surface area (Å²) in [6.45, 7) is 6.16. The smallest absolute Gasteiger partial charge is 0.141 e. The van der Waals surface area contributed by atoms with Crippen LogP contribution in [-0.2, 0) is 0 Å². The Morgan fingerprint density at radius 1 is 1.23 bits per heavy atom. The van der Waals surface area contributed by atoms with Gasteiger partial charge in [-0.1, -0.05) is 37.6 Å². The normalized spacial score (nSPS) is 9.46. The van der Waals surface area contributed by atoms with E-state index in [1.54, 1.807) is 0 Å². The van der Waals surface area contributed by atoms with Gasteiger partial charge in [0.1, 0.15) is 11.3 Å². The molecule has 0 amide bonds. The van der Waals surface area contributed by atoms with Gasteiger partial charge in [-0.2, -0.15) is 0 Å². The maximum absolute atomic E-state index is 4.96. The van der Waals surface area contributed by atoms with Crippen LogP contribution in [0.5, 0.6) is 0 Å². The van der Waals surface area contributed by atoms with Crippen molar-refractivity contribution in [1.29, 1.82) is 0 Å². The first-order chi connectivity index (χ1) is 6.29. The molecule has 0 bridgehead atoms. The molecular formula is C11H15NO. The number of fused-ring (bicyclic) bond motifs is 1. The lowest BCUT2D eigenvalue weighted by Gasteiger charge is -1.82. The van der Waals surface area contributed by atoms with E-state index in [2.05, 4.69) is 19.0 Å². The van der Waals surface area contributed by atoms with Crippen LogP contribution < -0.4 is 0 Å². The molecule has 0 aliphatic carbocycles. The van der Waals surface area contributed by atoms with Gasteiger partial charge in [0.05, 0.1) is 0 Å². The van der Waals surface area contributed by atoms with Crippen molar-refractivity contribution in [3.05, 3.63) is 30.0 Å². The largest absolute Gasteiger partial charge is 0.360 e. The topological polar surface area (TPSA) is 26.0 Å². The molecular weight excluding hydrogens is 162 g/mol. The number of benzene rings is 1. The second-order valence-electron chi connectivity index (χ2n) is 2.96. The molecule has 2 nitrogen and oxygen atoms in total. The van der Waals surface area contributed by atoms with Crippen LogP contribution in [0, 0.1) is 6.92 Å². The summed E-state index contributed by atoms with van der Waals surface area (Å²) >= 11 is 0. The van der Waals surface area contributed by atoms with E-state index in [1.807, 2.05) is 31.2 Å². The van der Waals surface area contributed by atoms with Crippen LogP contribution in [0.3, 0.4) is 0 Å². The van der Waals surface area contributed by atoms with Gasteiger partial charge in [0, 0.05) is 5.39 Å². The van der Waals surface area contributed by atoms with Gasteiger partial charge >= 0.3 is 0 Å². The molecule has 1 heterocycles. The Hall–Kier alpha value is -1.31. The van der Waals surface area contributed by atoms with Crippen molar-refractivity contribution >= 4 is 10.9 Å². The molecule has 0 fully saturated rings. The SMILES string of the molecule is CCC.Cc1onc2ccccc12. The van der Waals surface area contributed by atoms with Crippen LogP contribution in [0.2, 0.25) is 0 Å². The van der Waals surface area contributed by atoms with E-state index in [1.165, 1.54) is 6.42 Å². The molecule has 0 saturated carbocycles. The Morgan fingerprint density at radius 3 is 2.46 bits per heavy atom. The predicted molar refractivity (Wildman–Crippen MR) is 54.7 cm³/mol. The highest BCUT2D eigenvalue weighted by Gasteiger charge is 1.99. The molecule has 70 valence electrons. The highest BCUT2D eigenvalue weighted by Crippen LogP contribution is 2.15. The van der Waals surface area contributed by atoms with Gasteiger partial charge in [0.2, 0.25) is 0 Å². The molecule has 0 atom stereocenters. The quantitative estimate of drug-likeness (QED) is 0.615. The second kappa shape index (κ2) is 4.65. The standard InChI is InChI=1S/C8H7NO.C3H8/c1-6-7-4-2-3-5-8(7)9-10-6;1-3-2/h2-5H,1H3;3H2,1-2H3. The van der Waals surface area contributed by atoms with E-state index in [0.717, 1.165) is 16.7 Å². The molecule has 0 saturated heterocycles. The molecule has 0 aliphatic heterocycles. The zero-order valence-electron chi connectivity index (χ0n) is 8.37. The van der Waals surface area contributed by atoms with Crippen molar-refractivity contribution in [2.45, 2.75) is 27.2 Å². The Balaban J connectivity index is 0.000000251. The molecule has 1 aromatic carbocycles. The molecule has 13 heavy (non-hydrogen) atoms. The number of hydrogen-bond acceptors (Lipinski definition) is 2. The summed E-state index contributed by atoms with van der Waals surface area (Å²) in [6.07, 6.45) is 1.25. The first-order valence-corrected chi connectivity index (χ1v) is 4.60. The summed E-state index contributed by atoms with van der Waals surface area (Å²) < 4.78 is 4.96. The third-order valence-electron chi connectivity index (χ3n) is 1.56. The lowest BCUT2D eigenvalue weighted by molar-refractivity contribution is 0.405. The lowest BCUT2D eigenvalue weighted by Crippen LogP contribution is -1.64. The number of rotatable bonds is 0. The Kier molecular flexibility index (Phi) is 3.50. The Morgan fingerprint density at radius 2 is 1.85 bits per heavy atom. The van der Waals surface area contributed by atoms with E-state index in [4.69, 9.17) is 4.52 Å². The van der Waals surface area contributed by atoms with Crippen molar-refractivity contribution in [2.75, 3.05) is 0 Å². The van der Waals surface area contributed by atoms with E-state index >= 15 is 0 Å². The van der Waals surface area contributed by atoms with Gasteiger partial charge in [-0.05, 0) is 19.1 Å². The van der Waals surface area contributed by atoms with Crippen molar-refractivity contribution < 1.29 is 4.52 Å². The Bertz CT molecular complexity index is 365. The Labute approximate surface area is 78.5 Å². The molecule has 1 aromatic heterocycles. The molecule has 0 aliphatic rings. The van der Waals surface area contributed by atoms with Crippen LogP contribution in [0.4, 0.5) is 0 Å². The number of aryl methyl sites for hydroxylation is 1. The van der Waals surface area contributed by atoms with Gasteiger partial charge in [0.15, 0.2) is 0 Å². The summed E-state index contributed by atoms with van der Waals surface area (Å²) in [4.78, 5) is 0. The predicted octanol–water partition coefficient (Wildman–Crippen LogP) is 3.55. The lowest BCUT2D eigenvalue weighted by atomic mass is 10.2. The number of aromatic nitrogens is 1. The summed E-state index contributed by atoms with van der Waals surface area (Å²) in [7, 11) is 0. The minimum atomic E-state index is 0.885. The van der Waals surface area contributed by atoms with Gasteiger partial charge in [0.25, 0.3) is 0 Å². The second-order valence-corrected chi connectivity index (χ2v) is 2.96. The van der Waals surface area contributed by atoms with Crippen molar-refractivity contribution in [1.82, 2.24) is 5.16 Å². The third kappa shape index (κ3) is 2.31. The first kappa shape index (κ1) is 9.78. The fraction of sp³-hybridized carbons (Fsp3) is 0.364. The summed E-state index contributed by atoms with van der Waals surface area (Å²) in [6, 6.07) is 7.86. The van der Waals surface area contributed by atoms with Crippen LogP contribution in [0.1, 0.15) is 26.0 Å². The van der Waals surface area contributed by atoms with Crippen molar-refractivity contribution in [2.24, 2.45) is 0 Å². The number of hydrogen-bond donors (Lipinski definition) is 0. The molecule has 2 heteroatoms. The molecule has 2 aromatic rings. The van der Waals surface area contributed by atoms with E-state index in [-0.39, 0.29) is 0 Å². The maximum atomic E-state index is 4.96. The minimum Gasteiger partial charge on any atom is -0.360 e. The van der Waals surface area contributed by atoms with Crippen LogP contribution >= 0.6 is 0 Å². The highest BCUT2D eigenvalue weighted by molar-refractivity contribution is 5.79. The van der Waals surface area contributed by atoms with Gasteiger partial charge < -0.3 is 4.52 Å². The van der Waals surface area contributed by atoms with Crippen LogP contribution in [0.25, 0.3) is 10.9 Å². The average Bonchev–Trinajstić information content (AvgIpc) is 2.50. The fourth-order valence-corrected chi connectivity index (χ4v) is 1.02. The molecule has 0 N–H and O–H groups in total. The molecule has 2 rings (SSSR count). The summed E-state index contributed by atoms with van der Waals surface area (Å²) in [5, 5.41) is 4.94. The zero-order chi connectivity index (χ0) is 9.68. The van der Waals surface area contributed by atoms with E-state index in [9.17, 15) is 0 Å². The van der Waals surface area contributed by atoms with Crippen molar-refractivity contribution in [3.63, 3.8) is 0 Å². The third-order valence-corrected chi connectivity index (χ3v) is 1.56. The number of nitrogens with zero attached hydrogens (tertiary/aromatic N) is 1. The summed E-state index contributed by atoms with van der Waals surface area (Å²) in [5.74, 6) is 0.885. The van der Waals surface area contributed by atoms with E-state index in [0.29, 0.717) is 0 Å². The molecule has 0 unspecified atom stereocenters. The monoisotopic (exact) mass is 177 g/mol. The van der Waals surface area contributed by atoms with Crippen LogP contribution in [-0.4, -0.2) is 5.16 Å². The van der Waals surface area contributed by atoms with E-state index < -0.39 is 0 Å². The molecule has 0 radical (unpaired) electrons. The highest BCUT2D eigenvalue weighted by atomic mass is 16.5. The fourth-order valence-electron chi connectivity index (χ4n) is 1.02. The summed E-state index contributed by atoms with van der Waals surface area (Å²) in [5.41, 5.74) is 0.931. The maximum Gasteiger partial charge on any atom is 0.141 e. The van der Waals surface area contributed by atoms with Crippen molar-refractivity contribution in [3.8, 4) is 0 Å².